The number of aryl methyl sites for hydroxylation is 1. The average Bonchev–Trinajstić information content (AvgIpc) is 2.67. The average molecular weight is 192 g/mol. The predicted molar refractivity (Wildman–Crippen MR) is 55.4 cm³/mol. The number of nitrogens with one attached hydrogen (secondary N) is 1. The predicted octanol–water partition coefficient (Wildman–Crippen LogP) is 1.38. The van der Waals surface area contributed by atoms with Crippen LogP contribution in [0, 0.1) is 12.8 Å². The summed E-state index contributed by atoms with van der Waals surface area (Å²) < 4.78 is 5.62. The van der Waals surface area contributed by atoms with E-state index in [1.807, 2.05) is 19.1 Å². The lowest BCUT2D eigenvalue weighted by Crippen LogP contribution is -2.15. The molecule has 1 fully saturated rings. The number of pyridine rings is 1. The van der Waals surface area contributed by atoms with Crippen LogP contribution in [0.25, 0.3) is 0 Å². The summed E-state index contributed by atoms with van der Waals surface area (Å²) in [5, 5.41) is 3.32. The molecule has 3 nitrogen and oxygen atoms in total. The Labute approximate surface area is 84.5 Å². The molecule has 2 rings (SSSR count). The van der Waals surface area contributed by atoms with Crippen molar-refractivity contribution in [1.29, 1.82) is 0 Å². The van der Waals surface area contributed by atoms with E-state index >= 15 is 0 Å². The second kappa shape index (κ2) is 4.42. The van der Waals surface area contributed by atoms with Crippen LogP contribution in [-0.4, -0.2) is 24.7 Å². The van der Waals surface area contributed by atoms with Gasteiger partial charge < -0.3 is 10.1 Å². The van der Waals surface area contributed by atoms with E-state index in [1.54, 1.807) is 6.20 Å². The van der Waals surface area contributed by atoms with E-state index in [-0.39, 0.29) is 0 Å². The highest BCUT2D eigenvalue weighted by Crippen LogP contribution is 2.12. The number of aromatic nitrogens is 1. The molecule has 0 aromatic carbocycles. The van der Waals surface area contributed by atoms with Crippen LogP contribution in [0.5, 0.6) is 5.88 Å². The van der Waals surface area contributed by atoms with Crippen molar-refractivity contribution in [2.45, 2.75) is 13.3 Å². The van der Waals surface area contributed by atoms with E-state index in [0.29, 0.717) is 5.92 Å². The van der Waals surface area contributed by atoms with Gasteiger partial charge in [-0.25, -0.2) is 4.98 Å². The van der Waals surface area contributed by atoms with Gasteiger partial charge in [-0.2, -0.15) is 0 Å². The molecule has 0 aliphatic carbocycles. The number of ether oxygens (including phenoxy) is 1. The normalized spacial score (nSPS) is 21.1. The third kappa shape index (κ3) is 2.45. The molecule has 1 aliphatic rings. The lowest BCUT2D eigenvalue weighted by molar-refractivity contribution is 0.251. The molecular weight excluding hydrogens is 176 g/mol. The molecule has 1 aromatic rings. The summed E-state index contributed by atoms with van der Waals surface area (Å²) >= 11 is 0. The van der Waals surface area contributed by atoms with Crippen molar-refractivity contribution in [1.82, 2.24) is 10.3 Å². The van der Waals surface area contributed by atoms with Crippen LogP contribution >= 0.6 is 0 Å². The van der Waals surface area contributed by atoms with Crippen molar-refractivity contribution in [2.75, 3.05) is 19.7 Å². The van der Waals surface area contributed by atoms with Crippen molar-refractivity contribution in [3.63, 3.8) is 0 Å². The molecule has 1 unspecified atom stereocenters. The van der Waals surface area contributed by atoms with Gasteiger partial charge >= 0.3 is 0 Å². The molecule has 1 aromatic heterocycles. The van der Waals surface area contributed by atoms with E-state index in [4.69, 9.17) is 4.74 Å². The molecule has 0 spiro atoms. The highest BCUT2D eigenvalue weighted by atomic mass is 16.5. The minimum Gasteiger partial charge on any atom is -0.477 e. The molecule has 1 aliphatic heterocycles. The summed E-state index contributed by atoms with van der Waals surface area (Å²) in [6.45, 7) is 5.02. The molecule has 1 N–H and O–H groups in total. The quantitative estimate of drug-likeness (QED) is 0.785. The topological polar surface area (TPSA) is 34.1 Å². The fraction of sp³-hybridized carbons (Fsp3) is 0.545. The molecule has 3 heteroatoms. The largest absolute Gasteiger partial charge is 0.477 e. The number of rotatable bonds is 3. The zero-order chi connectivity index (χ0) is 9.80. The Morgan fingerprint density at radius 2 is 2.57 bits per heavy atom. The molecule has 2 heterocycles. The van der Waals surface area contributed by atoms with Crippen LogP contribution in [0.4, 0.5) is 0 Å². The Morgan fingerprint density at radius 1 is 1.64 bits per heavy atom. The van der Waals surface area contributed by atoms with Crippen molar-refractivity contribution >= 4 is 0 Å². The fourth-order valence-corrected chi connectivity index (χ4v) is 1.65. The number of nitrogens with zero attached hydrogens (tertiary/aromatic N) is 1. The molecule has 0 amide bonds. The summed E-state index contributed by atoms with van der Waals surface area (Å²) in [6.07, 6.45) is 3.00. The Kier molecular flexibility index (Phi) is 2.99. The summed E-state index contributed by atoms with van der Waals surface area (Å²) in [7, 11) is 0. The minimum absolute atomic E-state index is 0.650. The summed E-state index contributed by atoms with van der Waals surface area (Å²) in [6, 6.07) is 3.95. The third-order valence-corrected chi connectivity index (χ3v) is 2.52. The van der Waals surface area contributed by atoms with Gasteiger partial charge in [0, 0.05) is 24.7 Å². The SMILES string of the molecule is Cc1ccnc(OCC2CCNC2)c1. The standard InChI is InChI=1S/C11H16N2O/c1-9-2-5-13-11(6-9)14-8-10-3-4-12-7-10/h2,5-6,10,12H,3-4,7-8H2,1H3. The van der Waals surface area contributed by atoms with Crippen LogP contribution in [0.3, 0.4) is 0 Å². The first kappa shape index (κ1) is 9.46. The minimum atomic E-state index is 0.650. The smallest absolute Gasteiger partial charge is 0.213 e. The Bertz CT molecular complexity index is 295. The second-order valence-electron chi connectivity index (χ2n) is 3.84. The molecule has 0 saturated carbocycles. The van der Waals surface area contributed by atoms with Crippen molar-refractivity contribution < 1.29 is 4.74 Å². The molecule has 1 saturated heterocycles. The van der Waals surface area contributed by atoms with Gasteiger partial charge in [0.1, 0.15) is 0 Å². The third-order valence-electron chi connectivity index (χ3n) is 2.52. The Balaban J connectivity index is 1.85. The molecule has 14 heavy (non-hydrogen) atoms. The van der Waals surface area contributed by atoms with E-state index < -0.39 is 0 Å². The number of hydrogen-bond donors (Lipinski definition) is 1. The van der Waals surface area contributed by atoms with Gasteiger partial charge in [0.25, 0.3) is 0 Å². The maximum atomic E-state index is 5.62. The Hall–Kier alpha value is -1.09. The van der Waals surface area contributed by atoms with Crippen LogP contribution in [0.2, 0.25) is 0 Å². The van der Waals surface area contributed by atoms with Gasteiger partial charge in [-0.1, -0.05) is 0 Å². The van der Waals surface area contributed by atoms with Gasteiger partial charge in [-0.15, -0.1) is 0 Å². The van der Waals surface area contributed by atoms with E-state index in [9.17, 15) is 0 Å². The molecule has 76 valence electrons. The zero-order valence-corrected chi connectivity index (χ0v) is 8.49. The highest BCUT2D eigenvalue weighted by Gasteiger charge is 2.14. The van der Waals surface area contributed by atoms with Crippen LogP contribution in [0.1, 0.15) is 12.0 Å². The van der Waals surface area contributed by atoms with Crippen molar-refractivity contribution in [2.24, 2.45) is 5.92 Å². The molecule has 0 radical (unpaired) electrons. The van der Waals surface area contributed by atoms with Gasteiger partial charge in [0.2, 0.25) is 5.88 Å². The molecule has 1 atom stereocenters. The van der Waals surface area contributed by atoms with Crippen LogP contribution in [-0.2, 0) is 0 Å². The highest BCUT2D eigenvalue weighted by molar-refractivity contribution is 5.18. The summed E-state index contributed by atoms with van der Waals surface area (Å²) in [5.41, 5.74) is 1.19. The van der Waals surface area contributed by atoms with Gasteiger partial charge in [-0.3, -0.25) is 0 Å². The zero-order valence-electron chi connectivity index (χ0n) is 8.49. The van der Waals surface area contributed by atoms with Crippen LogP contribution < -0.4 is 10.1 Å². The maximum absolute atomic E-state index is 5.62. The second-order valence-corrected chi connectivity index (χ2v) is 3.84. The Morgan fingerprint density at radius 3 is 3.29 bits per heavy atom. The van der Waals surface area contributed by atoms with E-state index in [0.717, 1.165) is 25.6 Å². The van der Waals surface area contributed by atoms with Gasteiger partial charge in [0.15, 0.2) is 0 Å². The first-order valence-electron chi connectivity index (χ1n) is 5.11. The fourth-order valence-electron chi connectivity index (χ4n) is 1.65. The van der Waals surface area contributed by atoms with Crippen molar-refractivity contribution in [3.05, 3.63) is 23.9 Å². The number of hydrogen-bond acceptors (Lipinski definition) is 3. The lowest BCUT2D eigenvalue weighted by Gasteiger charge is -2.09. The van der Waals surface area contributed by atoms with Gasteiger partial charge in [-0.05, 0) is 31.5 Å². The molecule has 0 bridgehead atoms. The first-order valence-corrected chi connectivity index (χ1v) is 5.11. The monoisotopic (exact) mass is 192 g/mol. The first-order chi connectivity index (χ1) is 6.84. The maximum Gasteiger partial charge on any atom is 0.213 e. The van der Waals surface area contributed by atoms with Crippen LogP contribution in [0.15, 0.2) is 18.3 Å². The summed E-state index contributed by atoms with van der Waals surface area (Å²) in [4.78, 5) is 4.16. The summed E-state index contributed by atoms with van der Waals surface area (Å²) in [5.74, 6) is 1.40. The molecular formula is C11H16N2O. The lowest BCUT2D eigenvalue weighted by atomic mass is 10.1. The van der Waals surface area contributed by atoms with E-state index in [2.05, 4.69) is 10.3 Å². The van der Waals surface area contributed by atoms with Gasteiger partial charge in [0.05, 0.1) is 6.61 Å². The van der Waals surface area contributed by atoms with Crippen molar-refractivity contribution in [3.8, 4) is 5.88 Å². The van der Waals surface area contributed by atoms with E-state index in [1.165, 1.54) is 12.0 Å².